The molecule has 2 nitrogen and oxygen atoms in total. The Hall–Kier alpha value is -0.180. The standard InChI is InChI=1S/C19H40O2S/c1-11-18(5,6)15-19(7,17(2,3)4)16(20)21-13-12-14-22(8,9)10/h11-15H2,1-10H3. The lowest BCUT2D eigenvalue weighted by atomic mass is 9.60. The molecule has 0 aromatic carbocycles. The largest absolute Gasteiger partial charge is 0.465 e. The van der Waals surface area contributed by atoms with Crippen molar-refractivity contribution in [2.45, 2.75) is 67.7 Å². The summed E-state index contributed by atoms with van der Waals surface area (Å²) in [5, 5.41) is 0. The summed E-state index contributed by atoms with van der Waals surface area (Å²) < 4.78 is 5.69. The molecule has 134 valence electrons. The first-order chi connectivity index (χ1) is 9.65. The van der Waals surface area contributed by atoms with Crippen molar-refractivity contribution in [1.29, 1.82) is 0 Å². The van der Waals surface area contributed by atoms with E-state index in [9.17, 15) is 4.79 Å². The van der Waals surface area contributed by atoms with Crippen LogP contribution in [-0.2, 0) is 9.53 Å². The Balaban J connectivity index is 4.88. The topological polar surface area (TPSA) is 26.3 Å². The van der Waals surface area contributed by atoms with E-state index in [-0.39, 0.29) is 16.8 Å². The van der Waals surface area contributed by atoms with Crippen molar-refractivity contribution >= 4 is 16.0 Å². The highest BCUT2D eigenvalue weighted by Gasteiger charge is 2.48. The zero-order valence-electron chi connectivity index (χ0n) is 16.8. The number of carbonyl (C=O) groups excluding carboxylic acids is 1. The molecule has 0 aliphatic carbocycles. The summed E-state index contributed by atoms with van der Waals surface area (Å²) in [5.41, 5.74) is -0.399. The van der Waals surface area contributed by atoms with Gasteiger partial charge in [0.2, 0.25) is 0 Å². The lowest BCUT2D eigenvalue weighted by Gasteiger charge is -2.44. The van der Waals surface area contributed by atoms with Crippen LogP contribution >= 0.6 is 10.0 Å². The van der Waals surface area contributed by atoms with E-state index in [1.54, 1.807) is 0 Å². The number of hydrogen-bond donors (Lipinski definition) is 0. The fourth-order valence-corrected chi connectivity index (χ4v) is 3.53. The molecule has 0 N–H and O–H groups in total. The first-order valence-corrected chi connectivity index (χ1v) is 11.5. The van der Waals surface area contributed by atoms with Gasteiger partial charge in [-0.1, -0.05) is 48.0 Å². The van der Waals surface area contributed by atoms with Gasteiger partial charge in [-0.25, -0.2) is 10.0 Å². The molecule has 0 fully saturated rings. The van der Waals surface area contributed by atoms with Crippen LogP contribution in [0.4, 0.5) is 0 Å². The van der Waals surface area contributed by atoms with E-state index in [4.69, 9.17) is 4.74 Å². The Morgan fingerprint density at radius 3 is 1.86 bits per heavy atom. The third kappa shape index (κ3) is 6.93. The first kappa shape index (κ1) is 21.8. The molecule has 1 atom stereocenters. The van der Waals surface area contributed by atoms with Crippen molar-refractivity contribution in [3.63, 3.8) is 0 Å². The van der Waals surface area contributed by atoms with E-state index in [1.807, 2.05) is 0 Å². The summed E-state index contributed by atoms with van der Waals surface area (Å²) in [6.45, 7) is 15.8. The Kier molecular flexibility index (Phi) is 7.53. The van der Waals surface area contributed by atoms with Crippen molar-refractivity contribution in [2.75, 3.05) is 31.1 Å². The van der Waals surface area contributed by atoms with Crippen molar-refractivity contribution < 1.29 is 9.53 Å². The molecule has 3 heteroatoms. The fourth-order valence-electron chi connectivity index (χ4n) is 2.54. The highest BCUT2D eigenvalue weighted by molar-refractivity contribution is 8.32. The van der Waals surface area contributed by atoms with Crippen LogP contribution in [0.1, 0.15) is 67.7 Å². The molecular weight excluding hydrogens is 292 g/mol. The predicted octanol–water partition coefficient (Wildman–Crippen LogP) is 5.49. The molecule has 0 rings (SSSR count). The molecule has 0 aliphatic heterocycles. The quantitative estimate of drug-likeness (QED) is 0.434. The number of esters is 1. The second kappa shape index (κ2) is 7.59. The van der Waals surface area contributed by atoms with Crippen molar-refractivity contribution in [3.05, 3.63) is 0 Å². The van der Waals surface area contributed by atoms with Crippen LogP contribution < -0.4 is 0 Å². The zero-order chi connectivity index (χ0) is 17.8. The van der Waals surface area contributed by atoms with Crippen LogP contribution in [0.3, 0.4) is 0 Å². The van der Waals surface area contributed by atoms with Crippen molar-refractivity contribution in [2.24, 2.45) is 16.2 Å². The lowest BCUT2D eigenvalue weighted by Crippen LogP contribution is -2.44. The molecule has 0 aliphatic rings. The number of carbonyl (C=O) groups is 1. The van der Waals surface area contributed by atoms with Crippen LogP contribution in [0.25, 0.3) is 0 Å². The average Bonchev–Trinajstić information content (AvgIpc) is 2.31. The summed E-state index contributed by atoms with van der Waals surface area (Å²) in [7, 11) is -0.510. The van der Waals surface area contributed by atoms with E-state index >= 15 is 0 Å². The second-order valence-corrected chi connectivity index (χ2v) is 14.2. The molecule has 0 heterocycles. The second-order valence-electron chi connectivity index (χ2n) is 9.56. The van der Waals surface area contributed by atoms with Gasteiger partial charge in [-0.2, -0.15) is 0 Å². The third-order valence-corrected chi connectivity index (χ3v) is 6.54. The molecule has 0 aromatic heterocycles. The summed E-state index contributed by atoms with van der Waals surface area (Å²) in [6, 6.07) is 0. The van der Waals surface area contributed by atoms with Crippen molar-refractivity contribution in [1.82, 2.24) is 0 Å². The maximum Gasteiger partial charge on any atom is 0.312 e. The minimum absolute atomic E-state index is 0.0227. The smallest absolute Gasteiger partial charge is 0.312 e. The Labute approximate surface area is 141 Å². The van der Waals surface area contributed by atoms with Gasteiger partial charge >= 0.3 is 5.97 Å². The number of hydrogen-bond acceptors (Lipinski definition) is 2. The van der Waals surface area contributed by atoms with Gasteiger partial charge in [-0.15, -0.1) is 0 Å². The van der Waals surface area contributed by atoms with Gasteiger partial charge < -0.3 is 4.74 Å². The van der Waals surface area contributed by atoms with Gasteiger partial charge in [0, 0.05) is 0 Å². The Morgan fingerprint density at radius 2 is 1.50 bits per heavy atom. The van der Waals surface area contributed by atoms with Crippen LogP contribution in [0, 0.1) is 16.2 Å². The molecule has 0 spiro atoms. The molecule has 0 saturated heterocycles. The predicted molar refractivity (Wildman–Crippen MR) is 102 cm³/mol. The molecule has 22 heavy (non-hydrogen) atoms. The maximum atomic E-state index is 12.8. The highest BCUT2D eigenvalue weighted by atomic mass is 32.3. The summed E-state index contributed by atoms with van der Waals surface area (Å²) in [5.74, 6) is 1.14. The third-order valence-electron chi connectivity index (χ3n) is 5.03. The van der Waals surface area contributed by atoms with Gasteiger partial charge in [-0.05, 0) is 55.1 Å². The van der Waals surface area contributed by atoms with E-state index < -0.39 is 15.4 Å². The normalized spacial score (nSPS) is 17.0. The Morgan fingerprint density at radius 1 is 1.00 bits per heavy atom. The minimum atomic E-state index is -0.510. The molecule has 1 unspecified atom stereocenters. The highest BCUT2D eigenvalue weighted by Crippen LogP contribution is 2.48. The monoisotopic (exact) mass is 332 g/mol. The molecule has 0 saturated carbocycles. The van der Waals surface area contributed by atoms with E-state index in [0.717, 1.165) is 25.0 Å². The van der Waals surface area contributed by atoms with Crippen molar-refractivity contribution in [3.8, 4) is 0 Å². The van der Waals surface area contributed by atoms with Gasteiger partial charge in [0.15, 0.2) is 0 Å². The molecular formula is C19H40O2S. The zero-order valence-corrected chi connectivity index (χ0v) is 17.6. The fraction of sp³-hybridized carbons (Fsp3) is 0.947. The van der Waals surface area contributed by atoms with Crippen LogP contribution in [-0.4, -0.2) is 37.1 Å². The summed E-state index contributed by atoms with van der Waals surface area (Å²) in [6.07, 6.45) is 9.82. The molecule has 0 aromatic rings. The summed E-state index contributed by atoms with van der Waals surface area (Å²) in [4.78, 5) is 12.8. The Bertz CT molecular complexity index is 361. The number of rotatable bonds is 8. The average molecular weight is 333 g/mol. The van der Waals surface area contributed by atoms with E-state index in [1.165, 1.54) is 0 Å². The van der Waals surface area contributed by atoms with Gasteiger partial charge in [0.05, 0.1) is 12.0 Å². The van der Waals surface area contributed by atoms with Crippen LogP contribution in [0.15, 0.2) is 0 Å². The van der Waals surface area contributed by atoms with E-state index in [2.05, 4.69) is 67.2 Å². The maximum absolute atomic E-state index is 12.8. The SMILES string of the molecule is CCC(C)(C)CC(C)(C(=O)OCCCS(C)(C)C)C(C)(C)C. The van der Waals surface area contributed by atoms with Gasteiger partial charge in [-0.3, -0.25) is 4.79 Å². The van der Waals surface area contributed by atoms with E-state index in [0.29, 0.717) is 6.61 Å². The van der Waals surface area contributed by atoms with Crippen LogP contribution in [0.2, 0.25) is 0 Å². The molecule has 0 amide bonds. The molecule has 0 bridgehead atoms. The number of ether oxygens (including phenoxy) is 1. The van der Waals surface area contributed by atoms with Gasteiger partial charge in [0.1, 0.15) is 0 Å². The lowest BCUT2D eigenvalue weighted by molar-refractivity contribution is -0.165. The summed E-state index contributed by atoms with van der Waals surface area (Å²) >= 11 is 0. The van der Waals surface area contributed by atoms with Crippen LogP contribution in [0.5, 0.6) is 0 Å². The van der Waals surface area contributed by atoms with Gasteiger partial charge in [0.25, 0.3) is 0 Å². The molecule has 0 radical (unpaired) electrons. The minimum Gasteiger partial charge on any atom is -0.465 e. The first-order valence-electron chi connectivity index (χ1n) is 8.48.